The standard InChI is InChI=1S/C13H26NO2S2.C6H6O3S/c1-14(2,3)9-10-16-13(15)7-5-4-6-12-8-11-17-18-12;7-10(8,9)6-4-2-1-3-5-6/h12H,4-11H2,1-3H3;1-5H,(H,7,8,9)/q+1;/p-1. The number of likely N-dealkylation sites (N-methyl/N-ethyl adjacent to an activating group) is 1. The lowest BCUT2D eigenvalue weighted by molar-refractivity contribution is -0.870. The van der Waals surface area contributed by atoms with E-state index in [1.165, 1.54) is 42.9 Å². The van der Waals surface area contributed by atoms with Crippen LogP contribution < -0.4 is 0 Å². The quantitative estimate of drug-likeness (QED) is 0.187. The summed E-state index contributed by atoms with van der Waals surface area (Å²) in [6, 6.07) is 7.19. The van der Waals surface area contributed by atoms with Gasteiger partial charge in [-0.1, -0.05) is 46.2 Å². The molecule has 1 unspecified atom stereocenters. The maximum atomic E-state index is 11.5. The van der Waals surface area contributed by atoms with Crippen LogP contribution in [0.3, 0.4) is 0 Å². The number of hydrogen-bond acceptors (Lipinski definition) is 7. The van der Waals surface area contributed by atoms with Gasteiger partial charge in [0.2, 0.25) is 0 Å². The molecule has 1 aliphatic heterocycles. The average Bonchev–Trinajstić information content (AvgIpc) is 3.12. The minimum absolute atomic E-state index is 0.0306. The highest BCUT2D eigenvalue weighted by Gasteiger charge is 2.16. The number of carbonyl (C=O) groups is 1. The van der Waals surface area contributed by atoms with Crippen LogP contribution in [0.15, 0.2) is 35.2 Å². The molecule has 6 nitrogen and oxygen atoms in total. The summed E-state index contributed by atoms with van der Waals surface area (Å²) >= 11 is 0. The van der Waals surface area contributed by atoms with Gasteiger partial charge < -0.3 is 13.8 Å². The second kappa shape index (κ2) is 12.7. The van der Waals surface area contributed by atoms with E-state index < -0.39 is 10.1 Å². The molecule has 0 aliphatic carbocycles. The zero-order valence-corrected chi connectivity index (χ0v) is 19.3. The highest BCUT2D eigenvalue weighted by Crippen LogP contribution is 2.39. The van der Waals surface area contributed by atoms with Gasteiger partial charge in [-0.2, -0.15) is 0 Å². The Morgan fingerprint density at radius 2 is 1.89 bits per heavy atom. The summed E-state index contributed by atoms with van der Waals surface area (Å²) in [7, 11) is 6.05. The van der Waals surface area contributed by atoms with Crippen molar-refractivity contribution in [2.24, 2.45) is 0 Å². The van der Waals surface area contributed by atoms with E-state index in [1.54, 1.807) is 6.07 Å². The van der Waals surface area contributed by atoms with E-state index in [1.807, 2.05) is 21.6 Å². The minimum Gasteiger partial charge on any atom is -0.744 e. The fourth-order valence-electron chi connectivity index (χ4n) is 2.30. The van der Waals surface area contributed by atoms with Crippen LogP contribution in [0.1, 0.15) is 32.1 Å². The third-order valence-corrected chi connectivity index (χ3v) is 7.80. The van der Waals surface area contributed by atoms with E-state index in [0.717, 1.165) is 29.1 Å². The molecule has 1 fully saturated rings. The summed E-state index contributed by atoms with van der Waals surface area (Å²) in [5.74, 6) is 1.26. The number of esters is 1. The van der Waals surface area contributed by atoms with Crippen LogP contribution in [0.5, 0.6) is 0 Å². The number of ether oxygens (including phenoxy) is 1. The second-order valence-corrected chi connectivity index (χ2v) is 11.7. The van der Waals surface area contributed by atoms with Crippen LogP contribution >= 0.6 is 21.6 Å². The first kappa shape index (κ1) is 25.3. The Bertz CT molecular complexity index is 669. The normalized spacial score (nSPS) is 16.9. The molecule has 160 valence electrons. The maximum Gasteiger partial charge on any atom is 0.305 e. The molecule has 2 rings (SSSR count). The predicted octanol–water partition coefficient (Wildman–Crippen LogP) is 3.54. The van der Waals surface area contributed by atoms with E-state index >= 15 is 0 Å². The van der Waals surface area contributed by atoms with Crippen molar-refractivity contribution >= 4 is 37.7 Å². The molecular formula is C19H31NO5S3. The molecule has 1 heterocycles. The molecule has 1 saturated heterocycles. The van der Waals surface area contributed by atoms with Gasteiger partial charge in [-0.05, 0) is 31.4 Å². The number of unbranched alkanes of at least 4 members (excludes halogenated alkanes) is 1. The number of nitrogens with zero attached hydrogens (tertiary/aromatic N) is 1. The molecule has 0 N–H and O–H groups in total. The monoisotopic (exact) mass is 449 g/mol. The van der Waals surface area contributed by atoms with E-state index in [4.69, 9.17) is 4.74 Å². The Hall–Kier alpha value is -0.740. The second-order valence-electron chi connectivity index (χ2n) is 7.58. The number of benzene rings is 1. The summed E-state index contributed by atoms with van der Waals surface area (Å²) < 4.78 is 36.9. The molecule has 1 aromatic carbocycles. The van der Waals surface area contributed by atoms with Gasteiger partial charge >= 0.3 is 5.97 Å². The molecule has 1 aromatic rings. The van der Waals surface area contributed by atoms with Gasteiger partial charge in [-0.15, -0.1) is 0 Å². The van der Waals surface area contributed by atoms with Gasteiger partial charge in [0.15, 0.2) is 0 Å². The predicted molar refractivity (Wildman–Crippen MR) is 115 cm³/mol. The zero-order valence-electron chi connectivity index (χ0n) is 16.8. The van der Waals surface area contributed by atoms with Crippen molar-refractivity contribution in [3.05, 3.63) is 30.3 Å². The molecule has 1 aliphatic rings. The molecule has 1 atom stereocenters. The lowest BCUT2D eigenvalue weighted by Crippen LogP contribution is -2.38. The van der Waals surface area contributed by atoms with E-state index in [2.05, 4.69) is 21.1 Å². The van der Waals surface area contributed by atoms with Crippen molar-refractivity contribution in [2.75, 3.05) is 40.0 Å². The Balaban J connectivity index is 0.000000330. The third-order valence-electron chi connectivity index (χ3n) is 3.94. The molecular weight excluding hydrogens is 418 g/mol. The summed E-state index contributed by atoms with van der Waals surface area (Å²) in [5.41, 5.74) is 0. The first-order valence-electron chi connectivity index (χ1n) is 9.33. The highest BCUT2D eigenvalue weighted by atomic mass is 33.1. The van der Waals surface area contributed by atoms with Crippen LogP contribution in [0.4, 0.5) is 0 Å². The van der Waals surface area contributed by atoms with Crippen molar-refractivity contribution in [1.29, 1.82) is 0 Å². The lowest BCUT2D eigenvalue weighted by Gasteiger charge is -2.23. The smallest absolute Gasteiger partial charge is 0.305 e. The molecule has 0 radical (unpaired) electrons. The number of quaternary nitrogens is 1. The van der Waals surface area contributed by atoms with Gasteiger partial charge in [0.1, 0.15) is 23.3 Å². The van der Waals surface area contributed by atoms with Crippen LogP contribution in [-0.2, 0) is 19.6 Å². The van der Waals surface area contributed by atoms with Crippen LogP contribution in [0.25, 0.3) is 0 Å². The molecule has 0 saturated carbocycles. The van der Waals surface area contributed by atoms with Crippen LogP contribution in [-0.4, -0.2) is 68.7 Å². The van der Waals surface area contributed by atoms with Gasteiger partial charge in [0, 0.05) is 17.4 Å². The third kappa shape index (κ3) is 12.7. The topological polar surface area (TPSA) is 83.5 Å². The summed E-state index contributed by atoms with van der Waals surface area (Å²) in [6.45, 7) is 1.42. The van der Waals surface area contributed by atoms with Gasteiger partial charge in [-0.25, -0.2) is 8.42 Å². The largest absolute Gasteiger partial charge is 0.744 e. The minimum atomic E-state index is -4.25. The Labute approximate surface area is 177 Å². The van der Waals surface area contributed by atoms with Crippen molar-refractivity contribution < 1.29 is 27.0 Å². The summed E-state index contributed by atoms with van der Waals surface area (Å²) in [5, 5.41) is 0.823. The maximum absolute atomic E-state index is 11.5. The fraction of sp³-hybridized carbons (Fsp3) is 0.632. The van der Waals surface area contributed by atoms with Gasteiger partial charge in [-0.3, -0.25) is 4.79 Å². The van der Waals surface area contributed by atoms with Crippen molar-refractivity contribution in [3.8, 4) is 0 Å². The lowest BCUT2D eigenvalue weighted by atomic mass is 10.1. The first-order chi connectivity index (χ1) is 13.1. The highest BCUT2D eigenvalue weighted by molar-refractivity contribution is 8.77. The van der Waals surface area contributed by atoms with Crippen molar-refractivity contribution in [2.45, 2.75) is 42.2 Å². The van der Waals surface area contributed by atoms with Crippen molar-refractivity contribution in [3.63, 3.8) is 0 Å². The number of hydrogen-bond donors (Lipinski definition) is 0. The van der Waals surface area contributed by atoms with E-state index in [0.29, 0.717) is 13.0 Å². The zero-order chi connectivity index (χ0) is 21.0. The first-order valence-corrected chi connectivity index (χ1v) is 13.1. The Morgan fingerprint density at radius 3 is 2.39 bits per heavy atom. The average molecular weight is 450 g/mol. The van der Waals surface area contributed by atoms with E-state index in [-0.39, 0.29) is 10.9 Å². The van der Waals surface area contributed by atoms with Gasteiger partial charge in [0.05, 0.1) is 26.0 Å². The summed E-state index contributed by atoms with van der Waals surface area (Å²) in [4.78, 5) is 11.3. The molecule has 28 heavy (non-hydrogen) atoms. The molecule has 0 bridgehead atoms. The molecule has 9 heteroatoms. The molecule has 0 amide bonds. The fourth-order valence-corrected chi connectivity index (χ4v) is 5.82. The Kier molecular flexibility index (Phi) is 11.5. The Morgan fingerprint density at radius 1 is 1.21 bits per heavy atom. The number of carbonyl (C=O) groups excluding carboxylic acids is 1. The molecule has 0 spiro atoms. The molecule has 0 aromatic heterocycles. The van der Waals surface area contributed by atoms with Crippen LogP contribution in [0.2, 0.25) is 0 Å². The SMILES string of the molecule is C[N+](C)(C)CCOC(=O)CCCCC1CCSS1.O=S(=O)([O-])c1ccccc1. The van der Waals surface area contributed by atoms with E-state index in [9.17, 15) is 17.8 Å². The number of rotatable bonds is 9. The van der Waals surface area contributed by atoms with Crippen LogP contribution in [0, 0.1) is 0 Å². The van der Waals surface area contributed by atoms with Gasteiger partial charge in [0.25, 0.3) is 0 Å². The summed E-state index contributed by atoms with van der Waals surface area (Å²) in [6.07, 6.45) is 5.31. The van der Waals surface area contributed by atoms with Crippen molar-refractivity contribution in [1.82, 2.24) is 0 Å².